The molecule has 0 saturated carbocycles. The lowest BCUT2D eigenvalue weighted by Gasteiger charge is -2.24. The molecule has 2 amide bonds. The van der Waals surface area contributed by atoms with E-state index in [-0.39, 0.29) is 17.7 Å². The zero-order valence-corrected chi connectivity index (χ0v) is 12.3. The number of carbonyl (C=O) groups is 2. The summed E-state index contributed by atoms with van der Waals surface area (Å²) in [6.07, 6.45) is 5.81. The molecule has 6 nitrogen and oxygen atoms in total. The first kappa shape index (κ1) is 14.4. The number of furan rings is 2. The summed E-state index contributed by atoms with van der Waals surface area (Å²) in [6, 6.07) is 4.37. The van der Waals surface area contributed by atoms with Crippen LogP contribution in [0.5, 0.6) is 0 Å². The van der Waals surface area contributed by atoms with Crippen LogP contribution in [0.25, 0.3) is 0 Å². The molecule has 2 heterocycles. The van der Waals surface area contributed by atoms with Crippen molar-refractivity contribution in [1.82, 2.24) is 10.6 Å². The van der Waals surface area contributed by atoms with Crippen molar-refractivity contribution in [2.75, 3.05) is 0 Å². The molecule has 0 spiro atoms. The first-order chi connectivity index (χ1) is 10.6. The average Bonchev–Trinajstić information content (AvgIpc) is 3.18. The Bertz CT molecular complexity index is 660. The second-order valence-electron chi connectivity index (χ2n) is 5.42. The maximum atomic E-state index is 12.3. The molecule has 2 aromatic heterocycles. The standard InChI is InChI=1S/C16H18N2O4/c1-10(17-16(20)14-6-3-8-21-14)15(19)18-12-4-2-5-13-11(12)7-9-22-13/h3,6-10,12H,2,4-5H2,1H3,(H,17,20)(H,18,19). The second-order valence-corrected chi connectivity index (χ2v) is 5.42. The predicted molar refractivity (Wildman–Crippen MR) is 78.2 cm³/mol. The molecule has 1 aliphatic rings. The Morgan fingerprint density at radius 3 is 2.91 bits per heavy atom. The van der Waals surface area contributed by atoms with E-state index in [1.807, 2.05) is 6.07 Å². The Kier molecular flexibility index (Phi) is 4.00. The maximum absolute atomic E-state index is 12.3. The average molecular weight is 302 g/mol. The molecule has 2 N–H and O–H groups in total. The molecule has 116 valence electrons. The van der Waals surface area contributed by atoms with Gasteiger partial charge in [-0.2, -0.15) is 0 Å². The maximum Gasteiger partial charge on any atom is 0.287 e. The minimum absolute atomic E-state index is 0.0574. The molecule has 0 bridgehead atoms. The summed E-state index contributed by atoms with van der Waals surface area (Å²) in [6.45, 7) is 1.65. The molecule has 0 aromatic carbocycles. The van der Waals surface area contributed by atoms with Crippen molar-refractivity contribution in [3.63, 3.8) is 0 Å². The van der Waals surface area contributed by atoms with Gasteiger partial charge < -0.3 is 19.5 Å². The molecule has 6 heteroatoms. The van der Waals surface area contributed by atoms with Crippen molar-refractivity contribution >= 4 is 11.8 Å². The second kappa shape index (κ2) is 6.09. The molecule has 1 aliphatic carbocycles. The van der Waals surface area contributed by atoms with E-state index in [2.05, 4.69) is 10.6 Å². The van der Waals surface area contributed by atoms with E-state index in [1.54, 1.807) is 25.3 Å². The van der Waals surface area contributed by atoms with Gasteiger partial charge in [-0.25, -0.2) is 0 Å². The molecule has 0 saturated heterocycles. The highest BCUT2D eigenvalue weighted by Gasteiger charge is 2.26. The van der Waals surface area contributed by atoms with E-state index in [0.717, 1.165) is 30.6 Å². The minimum atomic E-state index is -0.644. The van der Waals surface area contributed by atoms with Gasteiger partial charge in [0.15, 0.2) is 5.76 Å². The quantitative estimate of drug-likeness (QED) is 0.906. The fourth-order valence-corrected chi connectivity index (χ4v) is 2.67. The third-order valence-electron chi connectivity index (χ3n) is 3.85. The van der Waals surface area contributed by atoms with Crippen LogP contribution in [0.2, 0.25) is 0 Å². The zero-order valence-electron chi connectivity index (χ0n) is 12.3. The number of aryl methyl sites for hydroxylation is 1. The molecular weight excluding hydrogens is 284 g/mol. The normalized spacial score (nSPS) is 18.3. The van der Waals surface area contributed by atoms with Crippen LogP contribution in [0.15, 0.2) is 39.6 Å². The van der Waals surface area contributed by atoms with Gasteiger partial charge >= 0.3 is 0 Å². The van der Waals surface area contributed by atoms with Crippen LogP contribution in [0.1, 0.15) is 47.7 Å². The van der Waals surface area contributed by atoms with E-state index in [0.29, 0.717) is 0 Å². The minimum Gasteiger partial charge on any atom is -0.469 e. The summed E-state index contributed by atoms with van der Waals surface area (Å²) in [5.74, 6) is 0.498. The molecule has 0 radical (unpaired) electrons. The Morgan fingerprint density at radius 1 is 1.27 bits per heavy atom. The van der Waals surface area contributed by atoms with Crippen LogP contribution in [-0.4, -0.2) is 17.9 Å². The van der Waals surface area contributed by atoms with Gasteiger partial charge in [0.1, 0.15) is 11.8 Å². The Labute approximate surface area is 127 Å². The summed E-state index contributed by atoms with van der Waals surface area (Å²) in [4.78, 5) is 24.1. The lowest BCUT2D eigenvalue weighted by Crippen LogP contribution is -2.46. The molecule has 2 unspecified atom stereocenters. The van der Waals surface area contributed by atoms with Crippen LogP contribution >= 0.6 is 0 Å². The first-order valence-corrected chi connectivity index (χ1v) is 7.36. The van der Waals surface area contributed by atoms with Crippen LogP contribution in [0, 0.1) is 0 Å². The highest BCUT2D eigenvalue weighted by Crippen LogP contribution is 2.30. The monoisotopic (exact) mass is 302 g/mol. The van der Waals surface area contributed by atoms with Crippen molar-refractivity contribution in [3.8, 4) is 0 Å². The van der Waals surface area contributed by atoms with Crippen molar-refractivity contribution in [3.05, 3.63) is 47.8 Å². The van der Waals surface area contributed by atoms with Crippen molar-refractivity contribution in [2.45, 2.75) is 38.3 Å². The SMILES string of the molecule is CC(NC(=O)c1ccco1)C(=O)NC1CCCc2occc21. The Balaban J connectivity index is 1.59. The highest BCUT2D eigenvalue weighted by molar-refractivity contribution is 5.95. The molecule has 2 atom stereocenters. The number of amides is 2. The highest BCUT2D eigenvalue weighted by atomic mass is 16.3. The Hall–Kier alpha value is -2.50. The van der Waals surface area contributed by atoms with E-state index in [1.165, 1.54) is 6.26 Å². The molecule has 3 rings (SSSR count). The number of rotatable bonds is 4. The molecule has 2 aromatic rings. The summed E-state index contributed by atoms with van der Waals surface area (Å²) in [7, 11) is 0. The van der Waals surface area contributed by atoms with Gasteiger partial charge in [-0.1, -0.05) is 0 Å². The number of hydrogen-bond donors (Lipinski definition) is 2. The van der Waals surface area contributed by atoms with Crippen LogP contribution in [0.3, 0.4) is 0 Å². The van der Waals surface area contributed by atoms with Gasteiger partial charge in [-0.05, 0) is 38.0 Å². The van der Waals surface area contributed by atoms with Crippen molar-refractivity contribution < 1.29 is 18.4 Å². The van der Waals surface area contributed by atoms with Crippen LogP contribution in [0.4, 0.5) is 0 Å². The topological polar surface area (TPSA) is 84.5 Å². The summed E-state index contributed by atoms with van der Waals surface area (Å²) < 4.78 is 10.4. The lowest BCUT2D eigenvalue weighted by molar-refractivity contribution is -0.123. The van der Waals surface area contributed by atoms with E-state index in [9.17, 15) is 9.59 Å². The lowest BCUT2D eigenvalue weighted by atomic mass is 9.93. The summed E-state index contributed by atoms with van der Waals surface area (Å²) in [5, 5.41) is 5.59. The largest absolute Gasteiger partial charge is 0.469 e. The molecule has 22 heavy (non-hydrogen) atoms. The van der Waals surface area contributed by atoms with Crippen molar-refractivity contribution in [1.29, 1.82) is 0 Å². The summed E-state index contributed by atoms with van der Waals surface area (Å²) in [5.41, 5.74) is 1.03. The van der Waals surface area contributed by atoms with Gasteiger partial charge in [0.2, 0.25) is 5.91 Å². The van der Waals surface area contributed by atoms with Gasteiger partial charge in [0.05, 0.1) is 18.6 Å². The van der Waals surface area contributed by atoms with E-state index in [4.69, 9.17) is 8.83 Å². The number of fused-ring (bicyclic) bond motifs is 1. The van der Waals surface area contributed by atoms with Crippen LogP contribution in [-0.2, 0) is 11.2 Å². The number of carbonyl (C=O) groups excluding carboxylic acids is 2. The van der Waals surface area contributed by atoms with E-state index >= 15 is 0 Å². The first-order valence-electron chi connectivity index (χ1n) is 7.36. The van der Waals surface area contributed by atoms with Gasteiger partial charge in [0.25, 0.3) is 5.91 Å². The number of nitrogens with one attached hydrogen (secondary N) is 2. The van der Waals surface area contributed by atoms with Gasteiger partial charge in [-0.3, -0.25) is 9.59 Å². The van der Waals surface area contributed by atoms with Gasteiger partial charge in [-0.15, -0.1) is 0 Å². The third kappa shape index (κ3) is 2.90. The number of hydrogen-bond acceptors (Lipinski definition) is 4. The fourth-order valence-electron chi connectivity index (χ4n) is 2.67. The zero-order chi connectivity index (χ0) is 15.5. The van der Waals surface area contributed by atoms with Crippen molar-refractivity contribution in [2.24, 2.45) is 0 Å². The third-order valence-corrected chi connectivity index (χ3v) is 3.85. The molecular formula is C16H18N2O4. The van der Waals surface area contributed by atoms with Crippen LogP contribution < -0.4 is 10.6 Å². The predicted octanol–water partition coefficient (Wildman–Crippen LogP) is 2.18. The summed E-state index contributed by atoms with van der Waals surface area (Å²) >= 11 is 0. The van der Waals surface area contributed by atoms with Gasteiger partial charge in [0, 0.05) is 12.0 Å². The van der Waals surface area contributed by atoms with E-state index < -0.39 is 11.9 Å². The molecule has 0 aliphatic heterocycles. The smallest absolute Gasteiger partial charge is 0.287 e. The molecule has 0 fully saturated rings. The Morgan fingerprint density at radius 2 is 2.14 bits per heavy atom. The fraction of sp³-hybridized carbons (Fsp3) is 0.375.